The standard InChI is InChI=1S/C9H6BrF3O2/c10-6-3-1-2-5-4-7(14-8(5)6)15-9(11,12)13/h1-3,7H,4H2. The van der Waals surface area contributed by atoms with E-state index in [-0.39, 0.29) is 6.42 Å². The summed E-state index contributed by atoms with van der Waals surface area (Å²) in [4.78, 5) is 0. The molecule has 2 rings (SSSR count). The molecule has 1 heterocycles. The number of benzene rings is 1. The van der Waals surface area contributed by atoms with Gasteiger partial charge in [-0.25, -0.2) is 0 Å². The van der Waals surface area contributed by atoms with Crippen molar-refractivity contribution in [1.29, 1.82) is 0 Å². The second-order valence-corrected chi connectivity index (χ2v) is 3.90. The summed E-state index contributed by atoms with van der Waals surface area (Å²) in [6, 6.07) is 5.15. The highest BCUT2D eigenvalue weighted by Crippen LogP contribution is 2.37. The summed E-state index contributed by atoms with van der Waals surface area (Å²) in [5.74, 6) is 0.423. The molecule has 0 fully saturated rings. The summed E-state index contributed by atoms with van der Waals surface area (Å²) < 4.78 is 45.2. The average Bonchev–Trinajstić information content (AvgIpc) is 2.45. The smallest absolute Gasteiger partial charge is 0.463 e. The molecule has 15 heavy (non-hydrogen) atoms. The molecule has 1 unspecified atom stereocenters. The maximum absolute atomic E-state index is 11.9. The number of alkyl halides is 3. The Morgan fingerprint density at radius 3 is 2.73 bits per heavy atom. The van der Waals surface area contributed by atoms with Crippen molar-refractivity contribution in [3.8, 4) is 5.75 Å². The van der Waals surface area contributed by atoms with Gasteiger partial charge in [0.15, 0.2) is 0 Å². The molecule has 2 nitrogen and oxygen atoms in total. The number of fused-ring (bicyclic) bond motifs is 1. The maximum Gasteiger partial charge on any atom is 0.525 e. The van der Waals surface area contributed by atoms with Crippen LogP contribution >= 0.6 is 15.9 Å². The Morgan fingerprint density at radius 1 is 1.40 bits per heavy atom. The van der Waals surface area contributed by atoms with Gasteiger partial charge in [0.25, 0.3) is 0 Å². The fraction of sp³-hybridized carbons (Fsp3) is 0.333. The molecule has 1 aliphatic heterocycles. The van der Waals surface area contributed by atoms with Crippen molar-refractivity contribution in [2.24, 2.45) is 0 Å². The molecular weight excluding hydrogens is 277 g/mol. The number of halogens is 4. The van der Waals surface area contributed by atoms with E-state index in [0.717, 1.165) is 0 Å². The molecule has 82 valence electrons. The van der Waals surface area contributed by atoms with Gasteiger partial charge < -0.3 is 4.74 Å². The van der Waals surface area contributed by atoms with Gasteiger partial charge in [0.2, 0.25) is 6.29 Å². The highest BCUT2D eigenvalue weighted by atomic mass is 79.9. The van der Waals surface area contributed by atoms with Gasteiger partial charge in [0, 0.05) is 12.0 Å². The first-order valence-corrected chi connectivity index (χ1v) is 4.93. The predicted octanol–water partition coefficient (Wildman–Crippen LogP) is 3.25. The summed E-state index contributed by atoms with van der Waals surface area (Å²) >= 11 is 3.19. The maximum atomic E-state index is 11.9. The zero-order valence-electron chi connectivity index (χ0n) is 7.34. The van der Waals surface area contributed by atoms with Crippen molar-refractivity contribution >= 4 is 15.9 Å². The van der Waals surface area contributed by atoms with Crippen molar-refractivity contribution in [3.05, 3.63) is 28.2 Å². The highest BCUT2D eigenvalue weighted by Gasteiger charge is 2.37. The second kappa shape index (κ2) is 3.68. The Kier molecular flexibility index (Phi) is 2.64. The molecule has 6 heteroatoms. The van der Waals surface area contributed by atoms with Crippen LogP contribution in [0.2, 0.25) is 0 Å². The van der Waals surface area contributed by atoms with Crippen LogP contribution in [0.1, 0.15) is 5.56 Å². The molecule has 1 aromatic carbocycles. The molecule has 0 saturated carbocycles. The first-order chi connectivity index (χ1) is 6.96. The van der Waals surface area contributed by atoms with E-state index in [1.165, 1.54) is 0 Å². The number of para-hydroxylation sites is 1. The summed E-state index contributed by atoms with van der Waals surface area (Å²) in [7, 11) is 0. The molecular formula is C9H6BrF3O2. The van der Waals surface area contributed by atoms with Gasteiger partial charge in [-0.3, -0.25) is 4.74 Å². The van der Waals surface area contributed by atoms with E-state index in [1.54, 1.807) is 18.2 Å². The molecule has 0 bridgehead atoms. The first kappa shape index (κ1) is 10.8. The van der Waals surface area contributed by atoms with Gasteiger partial charge >= 0.3 is 6.36 Å². The lowest BCUT2D eigenvalue weighted by atomic mass is 10.2. The Hall–Kier alpha value is -0.750. The van der Waals surface area contributed by atoms with Crippen LogP contribution in [-0.2, 0) is 11.2 Å². The average molecular weight is 283 g/mol. The quantitative estimate of drug-likeness (QED) is 0.787. The van der Waals surface area contributed by atoms with E-state index < -0.39 is 12.7 Å². The minimum atomic E-state index is -4.67. The lowest BCUT2D eigenvalue weighted by Gasteiger charge is -2.13. The highest BCUT2D eigenvalue weighted by molar-refractivity contribution is 9.10. The third-order valence-corrected chi connectivity index (χ3v) is 2.57. The monoisotopic (exact) mass is 282 g/mol. The van der Waals surface area contributed by atoms with Crippen molar-refractivity contribution in [2.75, 3.05) is 0 Å². The number of rotatable bonds is 1. The minimum absolute atomic E-state index is 0.105. The molecule has 1 atom stereocenters. The van der Waals surface area contributed by atoms with Crippen LogP contribution in [0.5, 0.6) is 5.75 Å². The van der Waals surface area contributed by atoms with Crippen LogP contribution in [-0.4, -0.2) is 12.7 Å². The van der Waals surface area contributed by atoms with Crippen molar-refractivity contribution in [1.82, 2.24) is 0 Å². The van der Waals surface area contributed by atoms with Crippen molar-refractivity contribution < 1.29 is 22.6 Å². The molecule has 1 aromatic rings. The van der Waals surface area contributed by atoms with E-state index in [2.05, 4.69) is 20.7 Å². The number of hydrogen-bond donors (Lipinski definition) is 0. The normalized spacial score (nSPS) is 19.9. The van der Waals surface area contributed by atoms with E-state index in [0.29, 0.717) is 15.8 Å². The first-order valence-electron chi connectivity index (χ1n) is 4.14. The molecule has 0 aromatic heterocycles. The van der Waals surface area contributed by atoms with Crippen molar-refractivity contribution in [3.63, 3.8) is 0 Å². The van der Waals surface area contributed by atoms with Crippen LogP contribution in [0.3, 0.4) is 0 Å². The molecule has 1 aliphatic rings. The number of ether oxygens (including phenoxy) is 2. The minimum Gasteiger partial charge on any atom is -0.463 e. The fourth-order valence-corrected chi connectivity index (χ4v) is 1.91. The largest absolute Gasteiger partial charge is 0.525 e. The van der Waals surface area contributed by atoms with Crippen LogP contribution < -0.4 is 4.74 Å². The second-order valence-electron chi connectivity index (χ2n) is 3.04. The Bertz CT molecular complexity index is 378. The molecule has 0 amide bonds. The van der Waals surface area contributed by atoms with Gasteiger partial charge in [-0.1, -0.05) is 12.1 Å². The summed E-state index contributed by atoms with van der Waals surface area (Å²) in [5.41, 5.74) is 0.707. The summed E-state index contributed by atoms with van der Waals surface area (Å²) in [6.45, 7) is 0. The molecule has 0 saturated heterocycles. The van der Waals surface area contributed by atoms with Crippen molar-refractivity contribution in [2.45, 2.75) is 19.1 Å². The van der Waals surface area contributed by atoms with Gasteiger partial charge in [0.05, 0.1) is 4.47 Å². The van der Waals surface area contributed by atoms with E-state index >= 15 is 0 Å². The van der Waals surface area contributed by atoms with E-state index in [1.807, 2.05) is 0 Å². The Morgan fingerprint density at radius 2 is 2.13 bits per heavy atom. The third-order valence-electron chi connectivity index (χ3n) is 1.95. The van der Waals surface area contributed by atoms with Crippen LogP contribution in [0.4, 0.5) is 13.2 Å². The molecule has 0 spiro atoms. The van der Waals surface area contributed by atoms with Crippen LogP contribution in [0.15, 0.2) is 22.7 Å². The Labute approximate surface area is 92.1 Å². The predicted molar refractivity (Wildman–Crippen MR) is 49.4 cm³/mol. The topological polar surface area (TPSA) is 18.5 Å². The van der Waals surface area contributed by atoms with Crippen LogP contribution in [0, 0.1) is 0 Å². The van der Waals surface area contributed by atoms with Gasteiger partial charge in [-0.15, -0.1) is 13.2 Å². The molecule has 0 N–H and O–H groups in total. The molecule has 0 aliphatic carbocycles. The zero-order chi connectivity index (χ0) is 11.1. The Balaban J connectivity index is 2.13. The van der Waals surface area contributed by atoms with Gasteiger partial charge in [0.1, 0.15) is 5.75 Å². The summed E-state index contributed by atoms with van der Waals surface area (Å²) in [5, 5.41) is 0. The van der Waals surface area contributed by atoms with Crippen LogP contribution in [0.25, 0.3) is 0 Å². The van der Waals surface area contributed by atoms with E-state index in [4.69, 9.17) is 4.74 Å². The van der Waals surface area contributed by atoms with Gasteiger partial charge in [-0.05, 0) is 22.0 Å². The fourth-order valence-electron chi connectivity index (χ4n) is 1.41. The lowest BCUT2D eigenvalue weighted by molar-refractivity contribution is -0.364. The zero-order valence-corrected chi connectivity index (χ0v) is 8.93. The SMILES string of the molecule is FC(F)(F)OC1Cc2cccc(Br)c2O1. The number of hydrogen-bond acceptors (Lipinski definition) is 2. The molecule has 0 radical (unpaired) electrons. The third kappa shape index (κ3) is 2.43. The van der Waals surface area contributed by atoms with E-state index in [9.17, 15) is 13.2 Å². The summed E-state index contributed by atoms with van der Waals surface area (Å²) in [6.07, 6.45) is -5.84. The van der Waals surface area contributed by atoms with Gasteiger partial charge in [-0.2, -0.15) is 0 Å². The lowest BCUT2D eigenvalue weighted by Crippen LogP contribution is -2.26.